The van der Waals surface area contributed by atoms with Gasteiger partial charge in [0.1, 0.15) is 11.5 Å². The summed E-state index contributed by atoms with van der Waals surface area (Å²) in [5, 5.41) is 19.7. The summed E-state index contributed by atoms with van der Waals surface area (Å²) in [6, 6.07) is 1.22. The van der Waals surface area contributed by atoms with Gasteiger partial charge in [-0.05, 0) is 18.1 Å². The fraction of sp³-hybridized carbons (Fsp3) is 0.733. The maximum Gasteiger partial charge on any atom is 0.329 e. The van der Waals surface area contributed by atoms with Crippen molar-refractivity contribution in [3.63, 3.8) is 0 Å². The van der Waals surface area contributed by atoms with Crippen molar-refractivity contribution in [2.24, 2.45) is 0 Å². The van der Waals surface area contributed by atoms with E-state index in [0.717, 1.165) is 0 Å². The molecule has 2 heterocycles. The summed E-state index contributed by atoms with van der Waals surface area (Å²) in [6.45, 7) is 11.0. The third-order valence-electron chi connectivity index (χ3n) is 4.88. The second-order valence-electron chi connectivity index (χ2n) is 7.64. The van der Waals surface area contributed by atoms with Gasteiger partial charge in [-0.1, -0.05) is 20.8 Å². The molecule has 1 aromatic rings. The highest BCUT2D eigenvalue weighted by atomic mass is 32.2. The van der Waals surface area contributed by atoms with Crippen LogP contribution in [0.4, 0.5) is 0 Å². The van der Waals surface area contributed by atoms with E-state index in [2.05, 4.69) is 38.8 Å². The summed E-state index contributed by atoms with van der Waals surface area (Å²) in [7, 11) is -1.97. The maximum atomic E-state index is 11.9. The number of hydrogen-bond acceptors (Lipinski definition) is 6. The molecule has 2 rings (SSSR count). The van der Waals surface area contributed by atoms with Crippen LogP contribution in [0.2, 0.25) is 18.1 Å². The first-order chi connectivity index (χ1) is 10.9. The summed E-state index contributed by atoms with van der Waals surface area (Å²) in [5.74, 6) is 0. The van der Waals surface area contributed by atoms with Crippen molar-refractivity contribution in [2.75, 3.05) is 6.61 Å². The summed E-state index contributed by atoms with van der Waals surface area (Å²) in [4.78, 5) is 25.2. The van der Waals surface area contributed by atoms with Crippen LogP contribution in [0.5, 0.6) is 0 Å². The van der Waals surface area contributed by atoms with Gasteiger partial charge in [-0.2, -0.15) is 0 Å². The zero-order valence-corrected chi connectivity index (χ0v) is 16.5. The Bertz CT molecular complexity index is 696. The van der Waals surface area contributed by atoms with Gasteiger partial charge in [-0.3, -0.25) is 14.3 Å². The predicted molar refractivity (Wildman–Crippen MR) is 96.9 cm³/mol. The largest absolute Gasteiger partial charge is 0.416 e. The number of aliphatic hydroxyl groups is 2. The van der Waals surface area contributed by atoms with E-state index in [9.17, 15) is 19.8 Å². The highest BCUT2D eigenvalue weighted by molar-refractivity contribution is 8.00. The molecule has 0 spiro atoms. The predicted octanol–water partition coefficient (Wildman–Crippen LogP) is 0.894. The van der Waals surface area contributed by atoms with Gasteiger partial charge in [0.25, 0.3) is 5.56 Å². The summed E-state index contributed by atoms with van der Waals surface area (Å²) in [5.41, 5.74) is -1.09. The molecule has 1 unspecified atom stereocenters. The molecule has 0 aromatic carbocycles. The fourth-order valence-corrected chi connectivity index (χ4v) is 4.83. The van der Waals surface area contributed by atoms with Crippen molar-refractivity contribution in [3.8, 4) is 0 Å². The van der Waals surface area contributed by atoms with Crippen molar-refractivity contribution < 1.29 is 14.6 Å². The van der Waals surface area contributed by atoms with Gasteiger partial charge in [0.2, 0.25) is 0 Å². The molecule has 0 amide bonds. The summed E-state index contributed by atoms with van der Waals surface area (Å²) >= 11 is 1.29. The molecule has 24 heavy (non-hydrogen) atoms. The van der Waals surface area contributed by atoms with Crippen molar-refractivity contribution in [2.45, 2.75) is 61.7 Å². The molecule has 0 aliphatic carbocycles. The van der Waals surface area contributed by atoms with Crippen LogP contribution in [0.1, 0.15) is 26.1 Å². The van der Waals surface area contributed by atoms with Crippen molar-refractivity contribution in [3.05, 3.63) is 33.1 Å². The summed E-state index contributed by atoms with van der Waals surface area (Å²) < 4.78 is 7.37. The molecule has 1 fully saturated rings. The molecule has 0 bridgehead atoms. The van der Waals surface area contributed by atoms with Crippen molar-refractivity contribution >= 4 is 20.1 Å². The molecular formula is C15H26N2O5SSi. The van der Waals surface area contributed by atoms with Crippen molar-refractivity contribution in [1.82, 2.24) is 9.55 Å². The van der Waals surface area contributed by atoms with Crippen LogP contribution in [-0.2, 0) is 4.43 Å². The van der Waals surface area contributed by atoms with Gasteiger partial charge in [0, 0.05) is 18.9 Å². The lowest BCUT2D eigenvalue weighted by Crippen LogP contribution is -2.44. The SMILES string of the molecule is CC(C)(C)[Si](C)(C)OC[C@H]1S[C@@H](n2ccc(=O)[nH]c2=O)[C@@H](O)C1O. The van der Waals surface area contributed by atoms with E-state index in [0.29, 0.717) is 6.61 Å². The highest BCUT2D eigenvalue weighted by Crippen LogP contribution is 2.43. The standard InChI is InChI=1S/C15H26N2O5SSi/c1-15(2,3)24(4,5)22-8-9-11(19)12(20)13(23-9)17-7-6-10(18)16-14(17)21/h6-7,9,11-13,19-20H,8H2,1-5H3,(H,16,18,21)/t9-,11?,12+,13-/m1/s1. The minimum Gasteiger partial charge on any atom is -0.416 e. The van der Waals surface area contributed by atoms with Crippen LogP contribution in [0, 0.1) is 0 Å². The maximum absolute atomic E-state index is 11.9. The van der Waals surface area contributed by atoms with Crippen LogP contribution >= 0.6 is 11.8 Å². The van der Waals surface area contributed by atoms with Crippen LogP contribution in [0.15, 0.2) is 21.9 Å². The fourth-order valence-electron chi connectivity index (χ4n) is 2.23. The molecular weight excluding hydrogens is 348 g/mol. The van der Waals surface area contributed by atoms with E-state index < -0.39 is 37.1 Å². The quantitative estimate of drug-likeness (QED) is 0.676. The third kappa shape index (κ3) is 3.85. The number of nitrogens with zero attached hydrogens (tertiary/aromatic N) is 1. The van der Waals surface area contributed by atoms with Crippen LogP contribution < -0.4 is 11.2 Å². The lowest BCUT2D eigenvalue weighted by Gasteiger charge is -2.37. The van der Waals surface area contributed by atoms with E-state index in [-0.39, 0.29) is 10.3 Å². The van der Waals surface area contributed by atoms with E-state index in [1.165, 1.54) is 28.6 Å². The Morgan fingerprint density at radius 3 is 2.46 bits per heavy atom. The van der Waals surface area contributed by atoms with Gasteiger partial charge in [0.05, 0.1) is 11.4 Å². The average Bonchev–Trinajstić information content (AvgIpc) is 2.72. The van der Waals surface area contributed by atoms with E-state index >= 15 is 0 Å². The molecule has 0 saturated carbocycles. The monoisotopic (exact) mass is 374 g/mol. The van der Waals surface area contributed by atoms with E-state index in [1.54, 1.807) is 0 Å². The molecule has 4 atom stereocenters. The molecule has 9 heteroatoms. The number of hydrogen-bond donors (Lipinski definition) is 3. The zero-order chi connectivity index (χ0) is 18.3. The topological polar surface area (TPSA) is 105 Å². The lowest BCUT2D eigenvalue weighted by molar-refractivity contribution is 0.0108. The van der Waals surface area contributed by atoms with Gasteiger partial charge in [0.15, 0.2) is 8.32 Å². The second kappa shape index (κ2) is 6.79. The number of thioether (sulfide) groups is 1. The zero-order valence-electron chi connectivity index (χ0n) is 14.6. The van der Waals surface area contributed by atoms with E-state index in [4.69, 9.17) is 4.43 Å². The molecule has 1 aromatic heterocycles. The van der Waals surface area contributed by atoms with Gasteiger partial charge < -0.3 is 14.6 Å². The first-order valence-electron chi connectivity index (χ1n) is 7.91. The summed E-state index contributed by atoms with van der Waals surface area (Å²) in [6.07, 6.45) is -0.763. The molecule has 3 N–H and O–H groups in total. The smallest absolute Gasteiger partial charge is 0.329 e. The number of aromatic amines is 1. The van der Waals surface area contributed by atoms with Gasteiger partial charge in [-0.15, -0.1) is 11.8 Å². The highest BCUT2D eigenvalue weighted by Gasteiger charge is 2.45. The van der Waals surface area contributed by atoms with Crippen LogP contribution in [-0.4, -0.2) is 52.1 Å². The number of nitrogens with one attached hydrogen (secondary N) is 1. The Balaban J connectivity index is 2.13. The first kappa shape index (κ1) is 19.5. The molecule has 136 valence electrons. The normalized spacial score (nSPS) is 28.3. The Morgan fingerprint density at radius 2 is 1.92 bits per heavy atom. The number of aliphatic hydroxyl groups excluding tert-OH is 2. The first-order valence-corrected chi connectivity index (χ1v) is 11.8. The van der Waals surface area contributed by atoms with Crippen molar-refractivity contribution in [1.29, 1.82) is 0 Å². The number of H-pyrrole nitrogens is 1. The Morgan fingerprint density at radius 1 is 1.29 bits per heavy atom. The Hall–Kier alpha value is -0.873. The molecule has 7 nitrogen and oxygen atoms in total. The van der Waals surface area contributed by atoms with E-state index in [1.807, 2.05) is 0 Å². The second-order valence-corrected chi connectivity index (χ2v) is 13.8. The lowest BCUT2D eigenvalue weighted by atomic mass is 10.1. The Labute approximate surface area is 146 Å². The minimum atomic E-state index is -1.97. The number of aromatic nitrogens is 2. The third-order valence-corrected chi connectivity index (χ3v) is 10.9. The molecule has 1 aliphatic heterocycles. The molecule has 1 saturated heterocycles. The molecule has 0 radical (unpaired) electrons. The molecule has 1 aliphatic rings. The minimum absolute atomic E-state index is 0.0507. The van der Waals surface area contributed by atoms with Gasteiger partial charge in [-0.25, -0.2) is 4.79 Å². The number of rotatable bonds is 4. The average molecular weight is 375 g/mol. The van der Waals surface area contributed by atoms with Crippen LogP contribution in [0.25, 0.3) is 0 Å². The Kier molecular flexibility index (Phi) is 5.51. The van der Waals surface area contributed by atoms with Gasteiger partial charge >= 0.3 is 5.69 Å². The van der Waals surface area contributed by atoms with Crippen LogP contribution in [0.3, 0.4) is 0 Å².